The molecule has 1 aromatic rings. The van der Waals surface area contributed by atoms with Gasteiger partial charge in [-0.3, -0.25) is 4.79 Å². The van der Waals surface area contributed by atoms with Crippen LogP contribution in [0.15, 0.2) is 18.2 Å². The number of carbonyl (C=O) groups is 1. The zero-order valence-corrected chi connectivity index (χ0v) is 12.2. The van der Waals surface area contributed by atoms with Crippen LogP contribution in [-0.4, -0.2) is 30.9 Å². The second kappa shape index (κ2) is 6.09. The predicted molar refractivity (Wildman–Crippen MR) is 79.6 cm³/mol. The first kappa shape index (κ1) is 13.9. The summed E-state index contributed by atoms with van der Waals surface area (Å²) in [5, 5.41) is 3.12. The van der Waals surface area contributed by atoms with Gasteiger partial charge in [-0.2, -0.15) is 0 Å². The van der Waals surface area contributed by atoms with Gasteiger partial charge in [0.1, 0.15) is 0 Å². The summed E-state index contributed by atoms with van der Waals surface area (Å²) in [5.74, 6) is 0.903. The maximum absolute atomic E-state index is 12.7. The average Bonchev–Trinajstić information content (AvgIpc) is 3.21. The van der Waals surface area contributed by atoms with Crippen molar-refractivity contribution in [2.45, 2.75) is 33.1 Å². The van der Waals surface area contributed by atoms with E-state index < -0.39 is 0 Å². The van der Waals surface area contributed by atoms with Crippen molar-refractivity contribution in [1.82, 2.24) is 4.90 Å². The van der Waals surface area contributed by atoms with Crippen LogP contribution in [0, 0.1) is 12.8 Å². The number of benzene rings is 1. The summed E-state index contributed by atoms with van der Waals surface area (Å²) in [6, 6.07) is 6.02. The van der Waals surface area contributed by atoms with Crippen LogP contribution in [-0.2, 0) is 0 Å². The van der Waals surface area contributed by atoms with E-state index in [0.29, 0.717) is 0 Å². The summed E-state index contributed by atoms with van der Waals surface area (Å²) < 4.78 is 0. The SMILES string of the molecule is CCCN(CC1CC1)C(=O)c1cc(C)ccc1NC. The van der Waals surface area contributed by atoms with Gasteiger partial charge in [0.05, 0.1) is 5.56 Å². The zero-order chi connectivity index (χ0) is 13.8. The molecule has 3 heteroatoms. The number of carbonyl (C=O) groups excluding carboxylic acids is 1. The van der Waals surface area contributed by atoms with Crippen molar-refractivity contribution in [3.63, 3.8) is 0 Å². The highest BCUT2D eigenvalue weighted by Gasteiger charge is 2.27. The minimum atomic E-state index is 0.168. The largest absolute Gasteiger partial charge is 0.387 e. The number of amides is 1. The van der Waals surface area contributed by atoms with Crippen molar-refractivity contribution in [2.24, 2.45) is 5.92 Å². The molecular weight excluding hydrogens is 236 g/mol. The van der Waals surface area contributed by atoms with Crippen molar-refractivity contribution in [1.29, 1.82) is 0 Å². The Bertz CT molecular complexity index is 452. The summed E-state index contributed by atoms with van der Waals surface area (Å²) in [5.41, 5.74) is 2.86. The Morgan fingerprint density at radius 2 is 2.16 bits per heavy atom. The number of hydrogen-bond acceptors (Lipinski definition) is 2. The normalized spacial score (nSPS) is 14.3. The first-order valence-corrected chi connectivity index (χ1v) is 7.23. The van der Waals surface area contributed by atoms with Crippen LogP contribution < -0.4 is 5.32 Å². The molecule has 1 amide bonds. The van der Waals surface area contributed by atoms with Gasteiger partial charge in [0, 0.05) is 25.8 Å². The standard InChI is InChI=1S/C16H24N2O/c1-4-9-18(11-13-6-7-13)16(19)14-10-12(2)5-8-15(14)17-3/h5,8,10,13,17H,4,6-7,9,11H2,1-3H3. The van der Waals surface area contributed by atoms with Crippen LogP contribution in [0.3, 0.4) is 0 Å². The van der Waals surface area contributed by atoms with Crippen LogP contribution in [0.1, 0.15) is 42.1 Å². The Hall–Kier alpha value is -1.51. The minimum Gasteiger partial charge on any atom is -0.387 e. The number of nitrogens with zero attached hydrogens (tertiary/aromatic N) is 1. The second-order valence-electron chi connectivity index (χ2n) is 5.49. The maximum atomic E-state index is 12.7. The summed E-state index contributed by atoms with van der Waals surface area (Å²) >= 11 is 0. The molecule has 1 aliphatic carbocycles. The molecule has 104 valence electrons. The van der Waals surface area contributed by atoms with Gasteiger partial charge in [0.2, 0.25) is 0 Å². The molecule has 0 saturated heterocycles. The second-order valence-corrected chi connectivity index (χ2v) is 5.49. The Balaban J connectivity index is 2.21. The van der Waals surface area contributed by atoms with Crippen molar-refractivity contribution < 1.29 is 4.79 Å². The van der Waals surface area contributed by atoms with Crippen LogP contribution in [0.4, 0.5) is 5.69 Å². The van der Waals surface area contributed by atoms with E-state index in [0.717, 1.165) is 42.2 Å². The number of aryl methyl sites for hydroxylation is 1. The fourth-order valence-corrected chi connectivity index (χ4v) is 2.38. The van der Waals surface area contributed by atoms with E-state index in [1.54, 1.807) is 0 Å². The molecular formula is C16H24N2O. The lowest BCUT2D eigenvalue weighted by Crippen LogP contribution is -2.34. The summed E-state index contributed by atoms with van der Waals surface area (Å²) in [4.78, 5) is 14.7. The quantitative estimate of drug-likeness (QED) is 0.851. The van der Waals surface area contributed by atoms with Gasteiger partial charge >= 0.3 is 0 Å². The van der Waals surface area contributed by atoms with Gasteiger partial charge in [0.25, 0.3) is 5.91 Å². The number of hydrogen-bond donors (Lipinski definition) is 1. The van der Waals surface area contributed by atoms with E-state index in [4.69, 9.17) is 0 Å². The topological polar surface area (TPSA) is 32.3 Å². The molecule has 0 heterocycles. The van der Waals surface area contributed by atoms with Crippen LogP contribution >= 0.6 is 0 Å². The molecule has 0 atom stereocenters. The Kier molecular flexibility index (Phi) is 4.46. The third-order valence-electron chi connectivity index (χ3n) is 3.63. The zero-order valence-electron chi connectivity index (χ0n) is 12.2. The van der Waals surface area contributed by atoms with Gasteiger partial charge in [-0.25, -0.2) is 0 Å². The fraction of sp³-hybridized carbons (Fsp3) is 0.562. The Morgan fingerprint density at radius 3 is 2.74 bits per heavy atom. The molecule has 0 spiro atoms. The fourth-order valence-electron chi connectivity index (χ4n) is 2.38. The highest BCUT2D eigenvalue weighted by molar-refractivity contribution is 5.99. The average molecular weight is 260 g/mol. The molecule has 1 saturated carbocycles. The van der Waals surface area contributed by atoms with Gasteiger partial charge in [-0.05, 0) is 44.2 Å². The summed E-state index contributed by atoms with van der Waals surface area (Å²) in [7, 11) is 1.87. The highest BCUT2D eigenvalue weighted by Crippen LogP contribution is 2.30. The van der Waals surface area contributed by atoms with Crippen molar-refractivity contribution in [3.8, 4) is 0 Å². The molecule has 1 N–H and O–H groups in total. The molecule has 0 radical (unpaired) electrons. The maximum Gasteiger partial charge on any atom is 0.255 e. The minimum absolute atomic E-state index is 0.168. The monoisotopic (exact) mass is 260 g/mol. The van der Waals surface area contributed by atoms with E-state index >= 15 is 0 Å². The van der Waals surface area contributed by atoms with Crippen LogP contribution in [0.25, 0.3) is 0 Å². The molecule has 1 aliphatic rings. The van der Waals surface area contributed by atoms with Gasteiger partial charge < -0.3 is 10.2 Å². The molecule has 2 rings (SSSR count). The summed E-state index contributed by atoms with van der Waals surface area (Å²) in [6.45, 7) is 5.93. The molecule has 0 unspecified atom stereocenters. The first-order valence-electron chi connectivity index (χ1n) is 7.23. The van der Waals surface area contributed by atoms with E-state index in [9.17, 15) is 4.79 Å². The third kappa shape index (κ3) is 3.49. The molecule has 1 aromatic carbocycles. The van der Waals surface area contributed by atoms with E-state index in [2.05, 4.69) is 12.2 Å². The molecule has 0 aliphatic heterocycles. The van der Waals surface area contributed by atoms with Crippen LogP contribution in [0.2, 0.25) is 0 Å². The predicted octanol–water partition coefficient (Wildman–Crippen LogP) is 3.30. The molecule has 3 nitrogen and oxygen atoms in total. The molecule has 0 bridgehead atoms. The van der Waals surface area contributed by atoms with Gasteiger partial charge in [-0.1, -0.05) is 18.6 Å². The smallest absolute Gasteiger partial charge is 0.255 e. The highest BCUT2D eigenvalue weighted by atomic mass is 16.2. The van der Waals surface area contributed by atoms with Crippen molar-refractivity contribution in [3.05, 3.63) is 29.3 Å². The van der Waals surface area contributed by atoms with Crippen molar-refractivity contribution in [2.75, 3.05) is 25.5 Å². The third-order valence-corrected chi connectivity index (χ3v) is 3.63. The van der Waals surface area contributed by atoms with E-state index in [-0.39, 0.29) is 5.91 Å². The Morgan fingerprint density at radius 1 is 1.42 bits per heavy atom. The van der Waals surface area contributed by atoms with Crippen molar-refractivity contribution >= 4 is 11.6 Å². The summed E-state index contributed by atoms with van der Waals surface area (Å²) in [6.07, 6.45) is 3.57. The van der Waals surface area contributed by atoms with Gasteiger partial charge in [0.15, 0.2) is 0 Å². The Labute approximate surface area is 116 Å². The van der Waals surface area contributed by atoms with E-state index in [1.165, 1.54) is 12.8 Å². The molecule has 19 heavy (non-hydrogen) atoms. The van der Waals surface area contributed by atoms with Crippen LogP contribution in [0.5, 0.6) is 0 Å². The number of nitrogens with one attached hydrogen (secondary N) is 1. The van der Waals surface area contributed by atoms with Gasteiger partial charge in [-0.15, -0.1) is 0 Å². The first-order chi connectivity index (χ1) is 9.15. The lowest BCUT2D eigenvalue weighted by atomic mass is 10.1. The lowest BCUT2D eigenvalue weighted by molar-refractivity contribution is 0.0748. The number of rotatable bonds is 6. The lowest BCUT2D eigenvalue weighted by Gasteiger charge is -2.23. The molecule has 0 aromatic heterocycles. The van der Waals surface area contributed by atoms with E-state index in [1.807, 2.05) is 37.1 Å². The molecule has 1 fully saturated rings. The number of anilines is 1.